The molecule has 0 bridgehead atoms. The third-order valence-electron chi connectivity index (χ3n) is 3.57. The van der Waals surface area contributed by atoms with E-state index < -0.39 is 0 Å². The van der Waals surface area contributed by atoms with E-state index in [1.54, 1.807) is 4.57 Å². The van der Waals surface area contributed by atoms with Crippen LogP contribution in [0.15, 0.2) is 14.1 Å². The maximum atomic E-state index is 12.7. The number of aromatic nitrogens is 2. The molecule has 1 saturated carbocycles. The van der Waals surface area contributed by atoms with Crippen LogP contribution in [0.25, 0.3) is 10.2 Å². The first-order valence-corrected chi connectivity index (χ1v) is 8.46. The Morgan fingerprint density at radius 2 is 2.00 bits per heavy atom. The van der Waals surface area contributed by atoms with Gasteiger partial charge in [0.2, 0.25) is 0 Å². The van der Waals surface area contributed by atoms with Gasteiger partial charge in [0.15, 0.2) is 0 Å². The smallest absolute Gasteiger partial charge is 0.284 e. The highest BCUT2D eigenvalue weighted by Crippen LogP contribution is 2.35. The largest absolute Gasteiger partial charge is 0.332 e. The van der Waals surface area contributed by atoms with Crippen LogP contribution in [0.1, 0.15) is 37.6 Å². The van der Waals surface area contributed by atoms with Gasteiger partial charge in [-0.05, 0) is 41.6 Å². The second kappa shape index (κ2) is 4.84. The molecular weight excluding hydrogens is 340 g/mol. The molecule has 6 heteroatoms. The molecule has 1 aliphatic carbocycles. The lowest BCUT2D eigenvalue weighted by atomic mass is 10.2. The van der Waals surface area contributed by atoms with Crippen molar-refractivity contribution in [1.82, 2.24) is 9.13 Å². The summed E-state index contributed by atoms with van der Waals surface area (Å²) in [4.78, 5) is 27.1. The molecule has 0 amide bonds. The first-order chi connectivity index (χ1) is 9.41. The van der Waals surface area contributed by atoms with Gasteiger partial charge < -0.3 is 0 Å². The van der Waals surface area contributed by atoms with E-state index >= 15 is 0 Å². The van der Waals surface area contributed by atoms with Crippen molar-refractivity contribution < 1.29 is 0 Å². The first kappa shape index (κ1) is 14.1. The fourth-order valence-corrected chi connectivity index (χ4v) is 4.26. The van der Waals surface area contributed by atoms with Crippen molar-refractivity contribution in [2.24, 2.45) is 5.92 Å². The van der Waals surface area contributed by atoms with Crippen molar-refractivity contribution in [2.75, 3.05) is 0 Å². The van der Waals surface area contributed by atoms with Gasteiger partial charge in [0.05, 0.1) is 5.39 Å². The minimum atomic E-state index is -0.146. The Morgan fingerprint density at radius 3 is 2.55 bits per heavy atom. The molecule has 0 N–H and O–H groups in total. The molecule has 3 rings (SSSR count). The Bertz CT molecular complexity index is 796. The van der Waals surface area contributed by atoms with Crippen LogP contribution >= 0.6 is 27.3 Å². The number of thiophene rings is 1. The predicted octanol–water partition coefficient (Wildman–Crippen LogP) is 3.29. The molecule has 2 aromatic rings. The van der Waals surface area contributed by atoms with E-state index in [0.717, 1.165) is 27.0 Å². The lowest BCUT2D eigenvalue weighted by Gasteiger charge is -2.13. The molecule has 2 heterocycles. The summed E-state index contributed by atoms with van der Waals surface area (Å²) in [6.45, 7) is 6.79. The van der Waals surface area contributed by atoms with Crippen LogP contribution in [-0.2, 0) is 6.54 Å². The fraction of sp³-hybridized carbons (Fsp3) is 0.571. The quantitative estimate of drug-likeness (QED) is 0.846. The van der Waals surface area contributed by atoms with Crippen LogP contribution in [0.2, 0.25) is 0 Å². The summed E-state index contributed by atoms with van der Waals surface area (Å²) < 4.78 is 4.08. The van der Waals surface area contributed by atoms with E-state index in [1.807, 2.05) is 6.92 Å². The predicted molar refractivity (Wildman–Crippen MR) is 85.9 cm³/mol. The molecule has 1 fully saturated rings. The Kier molecular flexibility index (Phi) is 3.41. The van der Waals surface area contributed by atoms with E-state index in [4.69, 9.17) is 0 Å². The third-order valence-corrected chi connectivity index (χ3v) is 5.95. The van der Waals surface area contributed by atoms with E-state index in [9.17, 15) is 9.59 Å². The van der Waals surface area contributed by atoms with E-state index in [0.29, 0.717) is 17.8 Å². The molecule has 0 spiro atoms. The molecule has 2 aromatic heterocycles. The molecule has 0 saturated heterocycles. The zero-order valence-corrected chi connectivity index (χ0v) is 14.2. The molecule has 0 unspecified atom stereocenters. The van der Waals surface area contributed by atoms with Crippen LogP contribution in [0.4, 0.5) is 0 Å². The maximum Gasteiger partial charge on any atom is 0.332 e. The second-order valence-electron chi connectivity index (χ2n) is 5.85. The van der Waals surface area contributed by atoms with Gasteiger partial charge in [0.1, 0.15) is 4.83 Å². The highest BCUT2D eigenvalue weighted by atomic mass is 79.9. The topological polar surface area (TPSA) is 44.0 Å². The molecule has 108 valence electrons. The maximum absolute atomic E-state index is 12.7. The summed E-state index contributed by atoms with van der Waals surface area (Å²) >= 11 is 5.03. The van der Waals surface area contributed by atoms with Crippen molar-refractivity contribution >= 4 is 37.5 Å². The van der Waals surface area contributed by atoms with Crippen molar-refractivity contribution in [2.45, 2.75) is 46.2 Å². The number of nitrogens with zero attached hydrogens (tertiary/aromatic N) is 2. The summed E-state index contributed by atoms with van der Waals surface area (Å²) in [6.07, 6.45) is 1.87. The zero-order chi connectivity index (χ0) is 14.6. The van der Waals surface area contributed by atoms with Gasteiger partial charge in [-0.2, -0.15) is 0 Å². The highest BCUT2D eigenvalue weighted by Gasteiger charge is 2.30. The Balaban J connectivity index is 2.43. The number of aryl methyl sites for hydroxylation is 1. The summed E-state index contributed by atoms with van der Waals surface area (Å²) in [5.41, 5.74) is -0.281. The minimum Gasteiger partial charge on any atom is -0.284 e. The van der Waals surface area contributed by atoms with E-state index in [1.165, 1.54) is 15.9 Å². The normalized spacial score (nSPS) is 15.4. The lowest BCUT2D eigenvalue weighted by Crippen LogP contribution is -2.39. The standard InChI is InChI=1S/C14H17BrN2O2S/c1-7(2)6-16-13-10(11(15)8(3)20-13)12(18)17(14(16)19)9-4-5-9/h7,9H,4-6H2,1-3H3. The van der Waals surface area contributed by atoms with Gasteiger partial charge in [-0.1, -0.05) is 13.8 Å². The van der Waals surface area contributed by atoms with Crippen molar-refractivity contribution in [1.29, 1.82) is 0 Å². The molecular formula is C14H17BrN2O2S. The molecule has 1 aliphatic rings. The lowest BCUT2D eigenvalue weighted by molar-refractivity contribution is 0.493. The number of rotatable bonds is 3. The Morgan fingerprint density at radius 1 is 1.35 bits per heavy atom. The Hall–Kier alpha value is -0.880. The number of hydrogen-bond donors (Lipinski definition) is 0. The van der Waals surface area contributed by atoms with E-state index in [2.05, 4.69) is 29.8 Å². The molecule has 0 radical (unpaired) electrons. The van der Waals surface area contributed by atoms with Gasteiger partial charge in [-0.25, -0.2) is 4.79 Å². The van der Waals surface area contributed by atoms with Crippen LogP contribution in [0.5, 0.6) is 0 Å². The SMILES string of the molecule is Cc1sc2c(c1Br)c(=O)n(C1CC1)c(=O)n2CC(C)C. The monoisotopic (exact) mass is 356 g/mol. The van der Waals surface area contributed by atoms with Crippen molar-refractivity contribution in [3.63, 3.8) is 0 Å². The summed E-state index contributed by atoms with van der Waals surface area (Å²) in [5.74, 6) is 0.363. The zero-order valence-electron chi connectivity index (χ0n) is 11.8. The van der Waals surface area contributed by atoms with Gasteiger partial charge in [0.25, 0.3) is 5.56 Å². The van der Waals surface area contributed by atoms with Crippen LogP contribution in [0.3, 0.4) is 0 Å². The van der Waals surface area contributed by atoms with Crippen molar-refractivity contribution in [3.8, 4) is 0 Å². The molecule has 4 nitrogen and oxygen atoms in total. The van der Waals surface area contributed by atoms with Crippen LogP contribution in [0, 0.1) is 12.8 Å². The third kappa shape index (κ3) is 2.09. The first-order valence-electron chi connectivity index (χ1n) is 6.85. The fourth-order valence-electron chi connectivity index (χ4n) is 2.49. The molecule has 0 aromatic carbocycles. The van der Waals surface area contributed by atoms with Gasteiger partial charge in [-0.3, -0.25) is 13.9 Å². The molecule has 0 atom stereocenters. The number of hydrogen-bond acceptors (Lipinski definition) is 3. The average molecular weight is 357 g/mol. The summed E-state index contributed by atoms with van der Waals surface area (Å²) in [7, 11) is 0. The second-order valence-corrected chi connectivity index (χ2v) is 7.84. The van der Waals surface area contributed by atoms with Crippen LogP contribution in [-0.4, -0.2) is 9.13 Å². The Labute approximate surface area is 129 Å². The average Bonchev–Trinajstić information content (AvgIpc) is 3.13. The highest BCUT2D eigenvalue weighted by molar-refractivity contribution is 9.10. The van der Waals surface area contributed by atoms with Gasteiger partial charge >= 0.3 is 5.69 Å². The number of fused-ring (bicyclic) bond motifs is 1. The summed E-state index contributed by atoms with van der Waals surface area (Å²) in [6, 6.07) is 0.102. The summed E-state index contributed by atoms with van der Waals surface area (Å²) in [5, 5.41) is 0.666. The van der Waals surface area contributed by atoms with Crippen LogP contribution < -0.4 is 11.2 Å². The van der Waals surface area contributed by atoms with E-state index in [-0.39, 0.29) is 17.3 Å². The van der Waals surface area contributed by atoms with Gasteiger partial charge in [-0.15, -0.1) is 11.3 Å². The number of halogens is 1. The minimum absolute atomic E-state index is 0.102. The molecule has 0 aliphatic heterocycles. The van der Waals surface area contributed by atoms with Crippen molar-refractivity contribution in [3.05, 3.63) is 30.2 Å². The molecule has 20 heavy (non-hydrogen) atoms. The van der Waals surface area contributed by atoms with Gasteiger partial charge in [0, 0.05) is 21.9 Å².